The van der Waals surface area contributed by atoms with Gasteiger partial charge < -0.3 is 24.6 Å². The Morgan fingerprint density at radius 1 is 1.04 bits per heavy atom. The SMILES string of the molecule is CCOC(=O)N1CCC(NC(=O)N2CCN(CC3CCCO3)CC2)CC1. The van der Waals surface area contributed by atoms with Gasteiger partial charge in [-0.05, 0) is 32.6 Å². The Morgan fingerprint density at radius 2 is 1.77 bits per heavy atom. The molecule has 26 heavy (non-hydrogen) atoms. The van der Waals surface area contributed by atoms with Crippen LogP contribution in [0.15, 0.2) is 0 Å². The fourth-order valence-electron chi connectivity index (χ4n) is 3.90. The fourth-order valence-corrected chi connectivity index (χ4v) is 3.90. The lowest BCUT2D eigenvalue weighted by Crippen LogP contribution is -2.55. The zero-order chi connectivity index (χ0) is 18.4. The smallest absolute Gasteiger partial charge is 0.409 e. The molecular formula is C18H32N4O4. The first-order chi connectivity index (χ1) is 12.7. The number of amides is 3. The minimum absolute atomic E-state index is 0.0244. The predicted molar refractivity (Wildman–Crippen MR) is 97.1 cm³/mol. The van der Waals surface area contributed by atoms with Crippen molar-refractivity contribution in [1.29, 1.82) is 0 Å². The zero-order valence-electron chi connectivity index (χ0n) is 15.8. The van der Waals surface area contributed by atoms with Crippen LogP contribution in [-0.4, -0.2) is 98.0 Å². The van der Waals surface area contributed by atoms with E-state index >= 15 is 0 Å². The Balaban J connectivity index is 1.34. The number of piperazine rings is 1. The lowest BCUT2D eigenvalue weighted by molar-refractivity contribution is 0.0555. The normalized spacial score (nSPS) is 25.3. The van der Waals surface area contributed by atoms with E-state index in [1.165, 1.54) is 6.42 Å². The van der Waals surface area contributed by atoms with E-state index in [2.05, 4.69) is 10.2 Å². The highest BCUT2D eigenvalue weighted by molar-refractivity contribution is 5.74. The summed E-state index contributed by atoms with van der Waals surface area (Å²) < 4.78 is 10.7. The molecule has 148 valence electrons. The van der Waals surface area contributed by atoms with Gasteiger partial charge in [0, 0.05) is 58.5 Å². The van der Waals surface area contributed by atoms with Crippen LogP contribution < -0.4 is 5.32 Å². The third kappa shape index (κ3) is 5.23. The second kappa shape index (κ2) is 9.41. The molecule has 3 fully saturated rings. The van der Waals surface area contributed by atoms with Crippen LogP contribution in [0.25, 0.3) is 0 Å². The molecule has 8 heteroatoms. The van der Waals surface area contributed by atoms with Crippen LogP contribution in [0.4, 0.5) is 9.59 Å². The summed E-state index contributed by atoms with van der Waals surface area (Å²) in [6.45, 7) is 8.71. The molecular weight excluding hydrogens is 336 g/mol. The van der Waals surface area contributed by atoms with Crippen molar-refractivity contribution in [2.45, 2.75) is 44.8 Å². The minimum atomic E-state index is -0.250. The number of carbonyl (C=O) groups excluding carboxylic acids is 2. The lowest BCUT2D eigenvalue weighted by Gasteiger charge is -2.37. The van der Waals surface area contributed by atoms with E-state index in [-0.39, 0.29) is 18.2 Å². The number of hydrogen-bond donors (Lipinski definition) is 1. The molecule has 3 aliphatic rings. The van der Waals surface area contributed by atoms with Crippen molar-refractivity contribution in [2.24, 2.45) is 0 Å². The van der Waals surface area contributed by atoms with Gasteiger partial charge in [-0.1, -0.05) is 0 Å². The zero-order valence-corrected chi connectivity index (χ0v) is 15.8. The highest BCUT2D eigenvalue weighted by Gasteiger charge is 2.28. The summed E-state index contributed by atoms with van der Waals surface area (Å²) in [5.74, 6) is 0. The Bertz CT molecular complexity index is 468. The standard InChI is InChI=1S/C18H32N4O4/c1-2-25-18(24)22-7-5-15(6-8-22)19-17(23)21-11-9-20(10-12-21)14-16-4-3-13-26-16/h15-16H,2-14H2,1H3,(H,19,23). The number of carbonyl (C=O) groups is 2. The molecule has 1 unspecified atom stereocenters. The van der Waals surface area contributed by atoms with Crippen LogP contribution in [0.1, 0.15) is 32.6 Å². The van der Waals surface area contributed by atoms with Gasteiger partial charge in [-0.3, -0.25) is 4.90 Å². The first-order valence-corrected chi connectivity index (χ1v) is 9.97. The van der Waals surface area contributed by atoms with Crippen molar-refractivity contribution < 1.29 is 19.1 Å². The van der Waals surface area contributed by atoms with Crippen molar-refractivity contribution in [1.82, 2.24) is 20.0 Å². The second-order valence-electron chi connectivity index (χ2n) is 7.33. The molecule has 0 radical (unpaired) electrons. The number of piperidine rings is 1. The van der Waals surface area contributed by atoms with Crippen molar-refractivity contribution in [3.63, 3.8) is 0 Å². The van der Waals surface area contributed by atoms with E-state index in [9.17, 15) is 9.59 Å². The van der Waals surface area contributed by atoms with Gasteiger partial charge in [0.1, 0.15) is 0 Å². The molecule has 0 spiro atoms. The van der Waals surface area contributed by atoms with Gasteiger partial charge in [0.2, 0.25) is 0 Å². The number of ether oxygens (including phenoxy) is 2. The molecule has 3 aliphatic heterocycles. The number of rotatable bonds is 4. The molecule has 1 N–H and O–H groups in total. The summed E-state index contributed by atoms with van der Waals surface area (Å²) >= 11 is 0. The van der Waals surface area contributed by atoms with Crippen molar-refractivity contribution in [3.8, 4) is 0 Å². The monoisotopic (exact) mass is 368 g/mol. The maximum atomic E-state index is 12.5. The summed E-state index contributed by atoms with van der Waals surface area (Å²) in [6, 6.07) is 0.162. The van der Waals surface area contributed by atoms with Gasteiger partial charge in [0.25, 0.3) is 0 Å². The molecule has 3 saturated heterocycles. The maximum Gasteiger partial charge on any atom is 0.409 e. The van der Waals surface area contributed by atoms with Crippen LogP contribution in [0.2, 0.25) is 0 Å². The highest BCUT2D eigenvalue weighted by atomic mass is 16.6. The first-order valence-electron chi connectivity index (χ1n) is 9.97. The quantitative estimate of drug-likeness (QED) is 0.805. The van der Waals surface area contributed by atoms with Gasteiger partial charge in [-0.15, -0.1) is 0 Å². The van der Waals surface area contributed by atoms with Gasteiger partial charge in [-0.25, -0.2) is 9.59 Å². The number of likely N-dealkylation sites (tertiary alicyclic amines) is 1. The summed E-state index contributed by atoms with van der Waals surface area (Å²) in [5, 5.41) is 3.13. The molecule has 0 aromatic carbocycles. The largest absolute Gasteiger partial charge is 0.450 e. The topological polar surface area (TPSA) is 74.4 Å². The molecule has 0 saturated carbocycles. The molecule has 0 aliphatic carbocycles. The van der Waals surface area contributed by atoms with Crippen molar-refractivity contribution >= 4 is 12.1 Å². The molecule has 0 bridgehead atoms. The van der Waals surface area contributed by atoms with Gasteiger partial charge in [-0.2, -0.15) is 0 Å². The fraction of sp³-hybridized carbons (Fsp3) is 0.889. The van der Waals surface area contributed by atoms with Crippen LogP contribution in [0.3, 0.4) is 0 Å². The van der Waals surface area contributed by atoms with Gasteiger partial charge in [0.05, 0.1) is 12.7 Å². The molecule has 0 aromatic rings. The third-order valence-electron chi connectivity index (χ3n) is 5.49. The van der Waals surface area contributed by atoms with Crippen molar-refractivity contribution in [3.05, 3.63) is 0 Å². The van der Waals surface area contributed by atoms with Crippen LogP contribution >= 0.6 is 0 Å². The first kappa shape index (κ1) is 19.2. The van der Waals surface area contributed by atoms with Crippen LogP contribution in [-0.2, 0) is 9.47 Å². The van der Waals surface area contributed by atoms with E-state index in [4.69, 9.17) is 9.47 Å². The minimum Gasteiger partial charge on any atom is -0.450 e. The number of urea groups is 1. The maximum absolute atomic E-state index is 12.5. The van der Waals surface area contributed by atoms with E-state index < -0.39 is 0 Å². The third-order valence-corrected chi connectivity index (χ3v) is 5.49. The molecule has 3 amide bonds. The molecule has 0 aromatic heterocycles. The number of nitrogens with zero attached hydrogens (tertiary/aromatic N) is 3. The van der Waals surface area contributed by atoms with E-state index in [0.717, 1.165) is 58.6 Å². The number of hydrogen-bond acceptors (Lipinski definition) is 5. The van der Waals surface area contributed by atoms with E-state index in [1.54, 1.807) is 4.90 Å². The average Bonchev–Trinajstić information content (AvgIpc) is 3.16. The number of nitrogens with one attached hydrogen (secondary N) is 1. The van der Waals surface area contributed by atoms with Gasteiger partial charge >= 0.3 is 12.1 Å². The summed E-state index contributed by atoms with van der Waals surface area (Å²) in [4.78, 5) is 30.3. The summed E-state index contributed by atoms with van der Waals surface area (Å²) in [7, 11) is 0. The van der Waals surface area contributed by atoms with Crippen LogP contribution in [0.5, 0.6) is 0 Å². The molecule has 3 rings (SSSR count). The van der Waals surface area contributed by atoms with E-state index in [1.807, 2.05) is 11.8 Å². The van der Waals surface area contributed by atoms with Crippen LogP contribution in [0, 0.1) is 0 Å². The Morgan fingerprint density at radius 3 is 2.38 bits per heavy atom. The summed E-state index contributed by atoms with van der Waals surface area (Å²) in [6.07, 6.45) is 4.01. The Hall–Kier alpha value is -1.54. The van der Waals surface area contributed by atoms with E-state index in [0.29, 0.717) is 25.8 Å². The highest BCUT2D eigenvalue weighted by Crippen LogP contribution is 2.15. The Kier molecular flexibility index (Phi) is 6.96. The molecule has 1 atom stereocenters. The Labute approximate surface area is 155 Å². The lowest BCUT2D eigenvalue weighted by atomic mass is 10.1. The average molecular weight is 368 g/mol. The van der Waals surface area contributed by atoms with Gasteiger partial charge in [0.15, 0.2) is 0 Å². The molecule has 3 heterocycles. The van der Waals surface area contributed by atoms with Crippen molar-refractivity contribution in [2.75, 3.05) is 59.0 Å². The molecule has 8 nitrogen and oxygen atoms in total. The second-order valence-corrected chi connectivity index (χ2v) is 7.33. The predicted octanol–water partition coefficient (Wildman–Crippen LogP) is 1.11. The summed E-state index contributed by atoms with van der Waals surface area (Å²) in [5.41, 5.74) is 0.